The quantitative estimate of drug-likeness (QED) is 0.694. The molecule has 0 bridgehead atoms. The largest absolute Gasteiger partial charge is 0.493 e. The predicted octanol–water partition coefficient (Wildman–Crippen LogP) is 2.63. The zero-order chi connectivity index (χ0) is 14.3. The van der Waals surface area contributed by atoms with Crippen molar-refractivity contribution in [1.82, 2.24) is 14.5 Å². The van der Waals surface area contributed by atoms with Crippen LogP contribution in [0.2, 0.25) is 5.02 Å². The van der Waals surface area contributed by atoms with Crippen LogP contribution in [0.1, 0.15) is 18.2 Å². The van der Waals surface area contributed by atoms with Gasteiger partial charge in [-0.05, 0) is 18.6 Å². The summed E-state index contributed by atoms with van der Waals surface area (Å²) < 4.78 is 1.30. The van der Waals surface area contributed by atoms with E-state index in [-0.39, 0.29) is 11.6 Å². The number of para-hydroxylation sites is 1. The number of H-pyrrole nitrogens is 2. The molecule has 104 valence electrons. The number of hydrogen-bond acceptors (Lipinski definition) is 2. The number of aromatic amines is 2. The molecule has 0 radical (unpaired) electrons. The number of imidazole rings is 1. The minimum atomic E-state index is -0.294. The van der Waals surface area contributed by atoms with Crippen LogP contribution in [0.25, 0.3) is 10.9 Å². The summed E-state index contributed by atoms with van der Waals surface area (Å²) in [5.41, 5.74) is 2.05. The van der Waals surface area contributed by atoms with Gasteiger partial charge in [0, 0.05) is 24.5 Å². The van der Waals surface area contributed by atoms with Crippen LogP contribution in [0, 0.1) is 0 Å². The van der Waals surface area contributed by atoms with Gasteiger partial charge in [0.1, 0.15) is 0 Å². The summed E-state index contributed by atoms with van der Waals surface area (Å²) in [4.78, 5) is 17.5. The lowest BCUT2D eigenvalue weighted by atomic mass is 10.1. The normalized spacial score (nSPS) is 11.3. The van der Waals surface area contributed by atoms with Crippen LogP contribution in [-0.2, 0) is 13.0 Å². The van der Waals surface area contributed by atoms with Gasteiger partial charge >= 0.3 is 5.69 Å². The second-order valence-electron chi connectivity index (χ2n) is 4.63. The maximum Gasteiger partial charge on any atom is 0.328 e. The molecule has 3 rings (SSSR count). The average Bonchev–Trinajstić information content (AvgIpc) is 2.94. The van der Waals surface area contributed by atoms with Gasteiger partial charge in [-0.1, -0.05) is 23.7 Å². The van der Waals surface area contributed by atoms with E-state index in [0.29, 0.717) is 23.7 Å². The Morgan fingerprint density at radius 3 is 2.90 bits per heavy atom. The standard InChI is InChI=1S/C14H14ClN3O2/c1-2-18-13(19)11(17-14(18)20)6-8-7-16-12-9(8)4-3-5-10(12)15/h3-5,7,16,19H,2,6H2,1H3,(H,17,20). The molecule has 1 aromatic carbocycles. The number of benzene rings is 1. The molecule has 0 aliphatic rings. The summed E-state index contributed by atoms with van der Waals surface area (Å²) >= 11 is 6.11. The first-order chi connectivity index (χ1) is 9.61. The van der Waals surface area contributed by atoms with Crippen molar-refractivity contribution in [3.63, 3.8) is 0 Å². The van der Waals surface area contributed by atoms with Crippen LogP contribution >= 0.6 is 11.6 Å². The van der Waals surface area contributed by atoms with Crippen molar-refractivity contribution in [3.05, 3.63) is 51.2 Å². The maximum atomic E-state index is 11.7. The van der Waals surface area contributed by atoms with Gasteiger partial charge in [0.05, 0.1) is 16.2 Å². The van der Waals surface area contributed by atoms with Crippen LogP contribution in [0.15, 0.2) is 29.2 Å². The van der Waals surface area contributed by atoms with E-state index in [1.807, 2.05) is 31.3 Å². The van der Waals surface area contributed by atoms with Crippen LogP contribution in [0.4, 0.5) is 0 Å². The summed E-state index contributed by atoms with van der Waals surface area (Å²) in [5, 5.41) is 11.7. The van der Waals surface area contributed by atoms with E-state index in [1.165, 1.54) is 4.57 Å². The summed E-state index contributed by atoms with van der Waals surface area (Å²) in [6.07, 6.45) is 2.28. The Morgan fingerprint density at radius 2 is 2.20 bits per heavy atom. The van der Waals surface area contributed by atoms with Gasteiger partial charge in [0.15, 0.2) is 0 Å². The molecule has 3 N–H and O–H groups in total. The zero-order valence-corrected chi connectivity index (χ0v) is 11.7. The minimum absolute atomic E-state index is 0.00567. The number of nitrogens with zero attached hydrogens (tertiary/aromatic N) is 1. The molecule has 0 spiro atoms. The highest BCUT2D eigenvalue weighted by Gasteiger charge is 2.14. The van der Waals surface area contributed by atoms with Crippen molar-refractivity contribution in [2.75, 3.05) is 0 Å². The molecule has 2 heterocycles. The van der Waals surface area contributed by atoms with Gasteiger partial charge < -0.3 is 15.1 Å². The van der Waals surface area contributed by atoms with E-state index >= 15 is 0 Å². The SMILES string of the molecule is CCn1c(O)c(Cc2c[nH]c3c(Cl)cccc23)[nH]c1=O. The fourth-order valence-corrected chi connectivity index (χ4v) is 2.67. The summed E-state index contributed by atoms with van der Waals surface area (Å²) in [5.74, 6) is -0.00567. The number of halogens is 1. The van der Waals surface area contributed by atoms with Gasteiger partial charge in [-0.15, -0.1) is 0 Å². The number of aromatic nitrogens is 3. The Morgan fingerprint density at radius 1 is 1.40 bits per heavy atom. The maximum absolute atomic E-state index is 11.7. The van der Waals surface area contributed by atoms with E-state index in [0.717, 1.165) is 16.5 Å². The molecule has 0 fully saturated rings. The highest BCUT2D eigenvalue weighted by molar-refractivity contribution is 6.35. The Kier molecular flexibility index (Phi) is 3.06. The van der Waals surface area contributed by atoms with Crippen molar-refractivity contribution < 1.29 is 5.11 Å². The molecule has 6 heteroatoms. The number of fused-ring (bicyclic) bond motifs is 1. The molecular formula is C14H14ClN3O2. The number of hydrogen-bond donors (Lipinski definition) is 3. The molecule has 0 saturated carbocycles. The number of nitrogens with one attached hydrogen (secondary N) is 2. The first-order valence-electron chi connectivity index (χ1n) is 6.37. The molecule has 0 aliphatic carbocycles. The third-order valence-corrected chi connectivity index (χ3v) is 3.78. The smallest absolute Gasteiger partial charge is 0.328 e. The fourth-order valence-electron chi connectivity index (χ4n) is 2.44. The lowest BCUT2D eigenvalue weighted by Crippen LogP contribution is -2.14. The van der Waals surface area contributed by atoms with Crippen LogP contribution in [-0.4, -0.2) is 19.6 Å². The van der Waals surface area contributed by atoms with E-state index in [2.05, 4.69) is 9.97 Å². The second kappa shape index (κ2) is 4.76. The van der Waals surface area contributed by atoms with Crippen LogP contribution in [0.3, 0.4) is 0 Å². The van der Waals surface area contributed by atoms with E-state index < -0.39 is 0 Å². The Labute approximate surface area is 119 Å². The lowest BCUT2D eigenvalue weighted by Gasteiger charge is -2.00. The van der Waals surface area contributed by atoms with Crippen molar-refractivity contribution in [3.8, 4) is 5.88 Å². The third-order valence-electron chi connectivity index (χ3n) is 3.46. The molecule has 20 heavy (non-hydrogen) atoms. The Hall–Kier alpha value is -2.14. The molecule has 3 aromatic rings. The van der Waals surface area contributed by atoms with Crippen molar-refractivity contribution in [1.29, 1.82) is 0 Å². The lowest BCUT2D eigenvalue weighted by molar-refractivity contribution is 0.413. The summed E-state index contributed by atoms with van der Waals surface area (Å²) in [6.45, 7) is 2.24. The van der Waals surface area contributed by atoms with Crippen LogP contribution < -0.4 is 5.69 Å². The predicted molar refractivity (Wildman–Crippen MR) is 78.5 cm³/mol. The molecule has 2 aromatic heterocycles. The average molecular weight is 292 g/mol. The minimum Gasteiger partial charge on any atom is -0.493 e. The van der Waals surface area contributed by atoms with E-state index in [9.17, 15) is 9.90 Å². The second-order valence-corrected chi connectivity index (χ2v) is 5.04. The summed E-state index contributed by atoms with van der Waals surface area (Å²) in [7, 11) is 0. The van der Waals surface area contributed by atoms with Crippen molar-refractivity contribution >= 4 is 22.5 Å². The Balaban J connectivity index is 2.06. The van der Waals surface area contributed by atoms with Gasteiger partial charge in [-0.2, -0.15) is 0 Å². The Bertz CT molecular complexity index is 829. The highest BCUT2D eigenvalue weighted by atomic mass is 35.5. The molecule has 0 saturated heterocycles. The first-order valence-corrected chi connectivity index (χ1v) is 6.74. The van der Waals surface area contributed by atoms with Crippen molar-refractivity contribution in [2.45, 2.75) is 19.9 Å². The molecule has 0 amide bonds. The molecule has 0 aliphatic heterocycles. The summed E-state index contributed by atoms with van der Waals surface area (Å²) in [6, 6.07) is 5.65. The van der Waals surface area contributed by atoms with Gasteiger partial charge in [-0.25, -0.2) is 4.79 Å². The third kappa shape index (κ3) is 1.91. The topological polar surface area (TPSA) is 73.8 Å². The zero-order valence-electron chi connectivity index (χ0n) is 10.9. The monoisotopic (exact) mass is 291 g/mol. The van der Waals surface area contributed by atoms with Gasteiger partial charge in [0.25, 0.3) is 0 Å². The molecule has 0 unspecified atom stereocenters. The van der Waals surface area contributed by atoms with Crippen molar-refractivity contribution in [2.24, 2.45) is 0 Å². The highest BCUT2D eigenvalue weighted by Crippen LogP contribution is 2.27. The van der Waals surface area contributed by atoms with Crippen LogP contribution in [0.5, 0.6) is 5.88 Å². The van der Waals surface area contributed by atoms with E-state index in [1.54, 1.807) is 0 Å². The van der Waals surface area contributed by atoms with Gasteiger partial charge in [-0.3, -0.25) is 4.57 Å². The van der Waals surface area contributed by atoms with E-state index in [4.69, 9.17) is 11.6 Å². The fraction of sp³-hybridized carbons (Fsp3) is 0.214. The number of rotatable bonds is 3. The van der Waals surface area contributed by atoms with Gasteiger partial charge in [0.2, 0.25) is 5.88 Å². The molecule has 5 nitrogen and oxygen atoms in total. The molecular weight excluding hydrogens is 278 g/mol. The molecule has 0 atom stereocenters. The number of aromatic hydroxyl groups is 1. The first kappa shape index (κ1) is 12.9.